The van der Waals surface area contributed by atoms with Gasteiger partial charge in [-0.25, -0.2) is 28.8 Å². The molecule has 83 heavy (non-hydrogen) atoms. The van der Waals surface area contributed by atoms with E-state index in [0.29, 0.717) is 72.8 Å². The summed E-state index contributed by atoms with van der Waals surface area (Å²) in [5.41, 5.74) is -11.4. The van der Waals surface area contributed by atoms with E-state index in [9.17, 15) is 121 Å². The molecule has 0 aromatic heterocycles. The maximum atomic E-state index is 13.7. The highest BCUT2D eigenvalue weighted by atomic mass is 16.6. The number of hydrogen-bond acceptors (Lipinski definition) is 31. The second kappa shape index (κ2) is 24.7. The molecule has 0 spiro atoms. The lowest BCUT2D eigenvalue weighted by Gasteiger charge is -2.35. The van der Waals surface area contributed by atoms with Gasteiger partial charge >= 0.3 is 35.8 Å². The van der Waals surface area contributed by atoms with Crippen molar-refractivity contribution >= 4 is 35.8 Å². The van der Waals surface area contributed by atoms with Crippen molar-refractivity contribution < 1.29 is 154 Å². The highest BCUT2D eigenvalue weighted by Crippen LogP contribution is 2.40. The normalized spacial score (nSPS) is 11.3. The van der Waals surface area contributed by atoms with Crippen LogP contribution in [0.4, 0.5) is 0 Å². The van der Waals surface area contributed by atoms with Crippen molar-refractivity contribution in [2.75, 3.05) is 52.9 Å². The molecule has 0 aliphatic heterocycles. The monoisotopic (exact) mass is 1170 g/mol. The molecule has 31 heteroatoms. The van der Waals surface area contributed by atoms with Crippen molar-refractivity contribution in [3.8, 4) is 103 Å². The van der Waals surface area contributed by atoms with Crippen molar-refractivity contribution in [2.45, 2.75) is 0 Å². The fourth-order valence-corrected chi connectivity index (χ4v) is 7.57. The van der Waals surface area contributed by atoms with E-state index in [1.165, 1.54) is 0 Å². The van der Waals surface area contributed by atoms with Gasteiger partial charge in [0, 0.05) is 72.8 Å². The second-order valence-corrected chi connectivity index (χ2v) is 18.1. The van der Waals surface area contributed by atoms with Crippen molar-refractivity contribution in [3.63, 3.8) is 0 Å². The first-order valence-corrected chi connectivity index (χ1v) is 23.0. The molecule has 0 saturated heterocycles. The summed E-state index contributed by atoms with van der Waals surface area (Å²) in [6.07, 6.45) is 0. The summed E-state index contributed by atoms with van der Waals surface area (Å²) in [5, 5.41) is 186. The predicted molar refractivity (Wildman–Crippen MR) is 266 cm³/mol. The predicted octanol–water partition coefficient (Wildman–Crippen LogP) is 2.82. The van der Waals surface area contributed by atoms with E-state index < -0.39 is 236 Å². The highest BCUT2D eigenvalue weighted by Gasteiger charge is 2.43. The molecule has 6 aromatic rings. The molecule has 0 aliphatic carbocycles. The maximum Gasteiger partial charge on any atom is 0.345 e. The molecule has 0 amide bonds. The van der Waals surface area contributed by atoms with Gasteiger partial charge in [-0.3, -0.25) is 0 Å². The first-order valence-electron chi connectivity index (χ1n) is 23.0. The fourth-order valence-electron chi connectivity index (χ4n) is 7.57. The van der Waals surface area contributed by atoms with Crippen LogP contribution >= 0.6 is 0 Å². The van der Waals surface area contributed by atoms with Gasteiger partial charge in [-0.05, 0) is 0 Å². The summed E-state index contributed by atoms with van der Waals surface area (Å²) in [7, 11) is 0. The van der Waals surface area contributed by atoms with Gasteiger partial charge in [-0.2, -0.15) is 0 Å². The van der Waals surface area contributed by atoms with Gasteiger partial charge in [0.05, 0.1) is 24.0 Å². The lowest BCUT2D eigenvalue weighted by Crippen LogP contribution is -2.47. The zero-order valence-corrected chi connectivity index (χ0v) is 41.9. The molecule has 6 aromatic carbocycles. The largest absolute Gasteiger partial charge is 0.508 e. The summed E-state index contributed by atoms with van der Waals surface area (Å²) >= 11 is 0. The Kier molecular flexibility index (Phi) is 18.0. The summed E-state index contributed by atoms with van der Waals surface area (Å²) in [4.78, 5) is 82.1. The van der Waals surface area contributed by atoms with E-state index in [2.05, 4.69) is 0 Å². The summed E-state index contributed by atoms with van der Waals surface area (Å²) < 4.78 is 38.3. The van der Waals surface area contributed by atoms with Crippen LogP contribution in [-0.4, -0.2) is 181 Å². The van der Waals surface area contributed by atoms with Crippen LogP contribution < -0.4 is 0 Å². The molecule has 31 nitrogen and oxygen atoms in total. The van der Waals surface area contributed by atoms with Crippen LogP contribution in [0.25, 0.3) is 0 Å². The molecule has 0 radical (unpaired) electrons. The minimum absolute atomic E-state index is 0.578. The number of carbonyl (C=O) groups is 6. The number of carbonyl (C=O) groups excluding carboxylic acids is 6. The van der Waals surface area contributed by atoms with Gasteiger partial charge in [0.2, 0.25) is 0 Å². The first kappa shape index (κ1) is 60.7. The minimum atomic E-state index is -2.57. The van der Waals surface area contributed by atoms with Crippen LogP contribution in [0.1, 0.15) is 62.1 Å². The Morgan fingerprint density at radius 3 is 0.470 bits per heavy atom. The molecule has 440 valence electrons. The van der Waals surface area contributed by atoms with Gasteiger partial charge in [-0.1, -0.05) is 0 Å². The van der Waals surface area contributed by atoms with Crippen LogP contribution in [0, 0.1) is 10.8 Å². The Bertz CT molecular complexity index is 2810. The SMILES string of the molecule is O=C(OCC(COCC(COC(=O)c1c(O)cc(O)cc1O)(COC(=O)c1c(O)cc(O)cc1O)COC(=O)c1c(O)cc(O)cc1O)(COC(=O)c1c(O)cc(O)cc1O)COC(=O)c1c(O)cc(O)cc1O)c1c(O)cc(O)cc1O. The van der Waals surface area contributed by atoms with Gasteiger partial charge in [0.1, 0.15) is 177 Å². The van der Waals surface area contributed by atoms with E-state index in [1.54, 1.807) is 0 Å². The van der Waals surface area contributed by atoms with Crippen LogP contribution in [0.3, 0.4) is 0 Å². The van der Waals surface area contributed by atoms with Gasteiger partial charge in [0.25, 0.3) is 0 Å². The lowest BCUT2D eigenvalue weighted by molar-refractivity contribution is -0.112. The Balaban J connectivity index is 1.50. The molecule has 0 fully saturated rings. The fraction of sp³-hybridized carbons (Fsp3) is 0.192. The standard InChI is InChI=1S/C52H46O31/c53-21-1-27(59)39(28(60)2-21)45(71)78-15-51(16-79-46(72)40-29(61)3-22(54)4-30(40)62,17-80-47(73)41-31(63)5-23(55)6-32(41)64)13-77-14-52(18-81-48(74)42-33(65)7-24(56)8-34(42)66,19-82-49(75)43-35(67)9-25(57)10-36(43)68)20-83-50(76)44-37(69)11-26(58)12-38(44)70/h1-12,53-70H,13-20H2. The van der Waals surface area contributed by atoms with Crippen LogP contribution in [0.2, 0.25) is 0 Å². The second-order valence-electron chi connectivity index (χ2n) is 18.1. The zero-order chi connectivity index (χ0) is 61.4. The smallest absolute Gasteiger partial charge is 0.345 e. The Hall–Kier alpha value is -11.5. The number of rotatable bonds is 22. The summed E-state index contributed by atoms with van der Waals surface area (Å²) in [5.74, 6) is -27.9. The highest BCUT2D eigenvalue weighted by molar-refractivity contribution is 5.99. The summed E-state index contributed by atoms with van der Waals surface area (Å²) in [6, 6.07) is 6.94. The molecule has 6 rings (SSSR count). The number of ether oxygens (including phenoxy) is 7. The van der Waals surface area contributed by atoms with Crippen LogP contribution in [0.5, 0.6) is 103 Å². The molecule has 0 aliphatic rings. The third-order valence-electron chi connectivity index (χ3n) is 11.6. The third kappa shape index (κ3) is 14.2. The Morgan fingerprint density at radius 2 is 0.349 bits per heavy atom. The number of esters is 6. The molecular formula is C52H46O31. The molecule has 0 heterocycles. The number of benzene rings is 6. The van der Waals surface area contributed by atoms with Crippen molar-refractivity contribution in [2.24, 2.45) is 10.8 Å². The van der Waals surface area contributed by atoms with E-state index in [0.717, 1.165) is 0 Å². The quantitative estimate of drug-likeness (QED) is 0.0343. The van der Waals surface area contributed by atoms with Gasteiger partial charge < -0.3 is 125 Å². The van der Waals surface area contributed by atoms with E-state index in [-0.39, 0.29) is 0 Å². The average Bonchev–Trinajstić information content (AvgIpc) is 3.35. The van der Waals surface area contributed by atoms with Crippen molar-refractivity contribution in [3.05, 3.63) is 106 Å². The molecule has 18 N–H and O–H groups in total. The van der Waals surface area contributed by atoms with Crippen LogP contribution in [0.15, 0.2) is 72.8 Å². The number of phenolic OH excluding ortho intramolecular Hbond substituents is 18. The van der Waals surface area contributed by atoms with E-state index in [4.69, 9.17) is 33.2 Å². The molecule has 0 atom stereocenters. The zero-order valence-electron chi connectivity index (χ0n) is 41.9. The Morgan fingerprint density at radius 1 is 0.229 bits per heavy atom. The molecular weight excluding hydrogens is 1120 g/mol. The van der Waals surface area contributed by atoms with E-state index >= 15 is 0 Å². The van der Waals surface area contributed by atoms with Crippen molar-refractivity contribution in [1.82, 2.24) is 0 Å². The average molecular weight is 1170 g/mol. The van der Waals surface area contributed by atoms with Crippen molar-refractivity contribution in [1.29, 1.82) is 0 Å². The minimum Gasteiger partial charge on any atom is -0.508 e. The number of hydrogen-bond donors (Lipinski definition) is 18. The molecule has 0 bridgehead atoms. The van der Waals surface area contributed by atoms with Gasteiger partial charge in [-0.15, -0.1) is 0 Å². The van der Waals surface area contributed by atoms with Crippen LogP contribution in [-0.2, 0) is 33.2 Å². The lowest BCUT2D eigenvalue weighted by atomic mass is 9.90. The first-order chi connectivity index (χ1) is 38.9. The molecule has 0 unspecified atom stereocenters. The van der Waals surface area contributed by atoms with E-state index in [1.807, 2.05) is 0 Å². The topological polar surface area (TPSA) is 531 Å². The maximum absolute atomic E-state index is 13.7. The number of aromatic hydroxyl groups is 18. The Labute approximate surface area is 462 Å². The number of phenols is 18. The summed E-state index contributed by atoms with van der Waals surface area (Å²) in [6.45, 7) is -10.6. The third-order valence-corrected chi connectivity index (χ3v) is 11.6. The van der Waals surface area contributed by atoms with Gasteiger partial charge in [0.15, 0.2) is 0 Å². The molecule has 0 saturated carbocycles.